The fourth-order valence-electron chi connectivity index (χ4n) is 7.38. The Morgan fingerprint density at radius 1 is 0.483 bits per heavy atom. The van der Waals surface area contributed by atoms with Gasteiger partial charge in [-0.15, -0.1) is 0 Å². The van der Waals surface area contributed by atoms with E-state index < -0.39 is 0 Å². The molecule has 58 heavy (non-hydrogen) atoms. The van der Waals surface area contributed by atoms with Crippen molar-refractivity contribution in [2.75, 3.05) is 13.2 Å². The van der Waals surface area contributed by atoms with Crippen molar-refractivity contribution in [1.29, 1.82) is 0 Å². The maximum absolute atomic E-state index is 6.17. The third-order valence-corrected chi connectivity index (χ3v) is 10.4. The molecule has 10 aromatic rings. The molecule has 7 heterocycles. The molecule has 1 fully saturated rings. The Hall–Kier alpha value is -6.96. The van der Waals surface area contributed by atoms with Crippen molar-refractivity contribution in [1.82, 2.24) is 19.9 Å². The molecule has 0 bridgehead atoms. The lowest BCUT2D eigenvalue weighted by Gasteiger charge is -2.05. The van der Waals surface area contributed by atoms with E-state index in [9.17, 15) is 0 Å². The van der Waals surface area contributed by atoms with Crippen LogP contribution in [0.15, 0.2) is 167 Å². The van der Waals surface area contributed by atoms with Crippen molar-refractivity contribution >= 4 is 44.1 Å². The lowest BCUT2D eigenvalue weighted by molar-refractivity contribution is 0.198. The highest BCUT2D eigenvalue weighted by molar-refractivity contribution is 6.09. The minimum Gasteiger partial charge on any atom is -0.437 e. The quantitative estimate of drug-likeness (QED) is 0.173. The van der Waals surface area contributed by atoms with Gasteiger partial charge in [0.25, 0.3) is 0 Å². The Bertz CT molecular complexity index is 2980. The fourth-order valence-corrected chi connectivity index (χ4v) is 7.38. The maximum atomic E-state index is 6.17. The van der Waals surface area contributed by atoms with Crippen LogP contribution in [0.1, 0.15) is 31.2 Å². The van der Waals surface area contributed by atoms with Gasteiger partial charge in [0.2, 0.25) is 11.4 Å². The first-order valence-electron chi connectivity index (χ1n) is 19.8. The number of rotatable bonds is 5. The number of benzene rings is 4. The zero-order valence-corrected chi connectivity index (χ0v) is 32.6. The van der Waals surface area contributed by atoms with Gasteiger partial charge in [-0.2, -0.15) is 0 Å². The highest BCUT2D eigenvalue weighted by Gasteiger charge is 2.16. The summed E-state index contributed by atoms with van der Waals surface area (Å²) >= 11 is 0. The summed E-state index contributed by atoms with van der Waals surface area (Å²) in [5, 5.41) is 4.22. The molecule has 0 radical (unpaired) electrons. The number of pyridine rings is 4. The molecule has 0 atom stereocenters. The van der Waals surface area contributed by atoms with E-state index >= 15 is 0 Å². The summed E-state index contributed by atoms with van der Waals surface area (Å²) in [4.78, 5) is 18.4. The second-order valence-electron chi connectivity index (χ2n) is 14.3. The minimum absolute atomic E-state index is 0.673. The first-order chi connectivity index (χ1) is 28.6. The lowest BCUT2D eigenvalue weighted by atomic mass is 10.0. The second kappa shape index (κ2) is 16.6. The van der Waals surface area contributed by atoms with Crippen molar-refractivity contribution in [2.24, 2.45) is 0 Å². The van der Waals surface area contributed by atoms with E-state index in [2.05, 4.69) is 112 Å². The number of ether oxygens (including phenoxy) is 1. The highest BCUT2D eigenvalue weighted by Crippen LogP contribution is 2.37. The molecule has 6 aromatic heterocycles. The lowest BCUT2D eigenvalue weighted by Crippen LogP contribution is -1.86. The molecule has 0 amide bonds. The van der Waals surface area contributed by atoms with Crippen LogP contribution in [0.4, 0.5) is 0 Å². The van der Waals surface area contributed by atoms with E-state index in [1.54, 1.807) is 0 Å². The van der Waals surface area contributed by atoms with Gasteiger partial charge >= 0.3 is 0 Å². The number of hydrogen-bond donors (Lipinski definition) is 0. The Labute approximate surface area is 337 Å². The molecule has 0 saturated carbocycles. The molecule has 1 saturated heterocycles. The van der Waals surface area contributed by atoms with Crippen LogP contribution in [0.25, 0.3) is 88.9 Å². The molecule has 0 N–H and O–H groups in total. The fraction of sp³-hybridized carbons (Fsp3) is 0.137. The Morgan fingerprint density at radius 2 is 1.00 bits per heavy atom. The molecule has 284 valence electrons. The van der Waals surface area contributed by atoms with Gasteiger partial charge in [-0.1, -0.05) is 91.9 Å². The zero-order chi connectivity index (χ0) is 39.3. The van der Waals surface area contributed by atoms with Gasteiger partial charge in [0, 0.05) is 69.7 Å². The molecule has 7 nitrogen and oxygen atoms in total. The van der Waals surface area contributed by atoms with Crippen LogP contribution in [-0.2, 0) is 11.2 Å². The number of fused-ring (bicyclic) bond motifs is 6. The van der Waals surface area contributed by atoms with Gasteiger partial charge in [0.15, 0.2) is 0 Å². The molecular formula is C51H42N4O3. The zero-order valence-electron chi connectivity index (χ0n) is 32.6. The number of aryl methyl sites for hydroxylation is 2. The van der Waals surface area contributed by atoms with E-state index in [-0.39, 0.29) is 0 Å². The van der Waals surface area contributed by atoms with Crippen LogP contribution in [0.3, 0.4) is 0 Å². The smallest absolute Gasteiger partial charge is 0.227 e. The average Bonchev–Trinajstić information content (AvgIpc) is 4.07. The van der Waals surface area contributed by atoms with E-state index in [1.807, 2.05) is 80.0 Å². The minimum atomic E-state index is 0.673. The Morgan fingerprint density at radius 3 is 1.50 bits per heavy atom. The molecular weight excluding hydrogens is 717 g/mol. The molecule has 0 spiro atoms. The molecule has 1 aliphatic heterocycles. The molecule has 7 heteroatoms. The summed E-state index contributed by atoms with van der Waals surface area (Å²) in [7, 11) is 0. The van der Waals surface area contributed by atoms with Crippen molar-refractivity contribution in [3.63, 3.8) is 0 Å². The number of hydrogen-bond acceptors (Lipinski definition) is 7. The summed E-state index contributed by atoms with van der Waals surface area (Å²) in [6.07, 6.45) is 7.15. The van der Waals surface area contributed by atoms with Crippen LogP contribution in [0.2, 0.25) is 0 Å². The number of para-hydroxylation sites is 2. The molecule has 11 rings (SSSR count). The molecule has 4 aromatic carbocycles. The van der Waals surface area contributed by atoms with Crippen LogP contribution in [-0.4, -0.2) is 33.1 Å². The third kappa shape index (κ3) is 7.60. The largest absolute Gasteiger partial charge is 0.437 e. The summed E-state index contributed by atoms with van der Waals surface area (Å²) < 4.78 is 17.2. The van der Waals surface area contributed by atoms with Crippen LogP contribution in [0.5, 0.6) is 0 Å². The van der Waals surface area contributed by atoms with Gasteiger partial charge < -0.3 is 13.6 Å². The molecule has 1 aliphatic rings. The first-order valence-corrected chi connectivity index (χ1v) is 19.8. The van der Waals surface area contributed by atoms with Crippen molar-refractivity contribution in [3.05, 3.63) is 169 Å². The van der Waals surface area contributed by atoms with Gasteiger partial charge in [-0.05, 0) is 109 Å². The average molecular weight is 759 g/mol. The Kier molecular flexibility index (Phi) is 10.5. The normalized spacial score (nSPS) is 12.4. The molecule has 0 aliphatic carbocycles. The maximum Gasteiger partial charge on any atom is 0.227 e. The van der Waals surface area contributed by atoms with Crippen molar-refractivity contribution in [2.45, 2.75) is 33.1 Å². The van der Waals surface area contributed by atoms with Gasteiger partial charge in [0.05, 0.1) is 11.4 Å². The predicted molar refractivity (Wildman–Crippen MR) is 235 cm³/mol. The third-order valence-electron chi connectivity index (χ3n) is 10.4. The summed E-state index contributed by atoms with van der Waals surface area (Å²) in [5.41, 5.74) is 13.4. The number of nitrogens with zero attached hydrogens (tertiary/aromatic N) is 4. The molecule has 0 unspecified atom stereocenters. The summed E-state index contributed by atoms with van der Waals surface area (Å²) in [6, 6.07) is 49.6. The Balaban J connectivity index is 0.000000134. The van der Waals surface area contributed by atoms with Gasteiger partial charge in [-0.3, -0.25) is 9.97 Å². The van der Waals surface area contributed by atoms with E-state index in [4.69, 9.17) is 13.6 Å². The highest BCUT2D eigenvalue weighted by atomic mass is 16.5. The van der Waals surface area contributed by atoms with Crippen LogP contribution in [0, 0.1) is 6.92 Å². The van der Waals surface area contributed by atoms with Crippen LogP contribution >= 0.6 is 0 Å². The van der Waals surface area contributed by atoms with Gasteiger partial charge in [-0.25, -0.2) is 9.97 Å². The summed E-state index contributed by atoms with van der Waals surface area (Å²) in [5.74, 6) is 0. The van der Waals surface area contributed by atoms with Gasteiger partial charge in [0.1, 0.15) is 11.2 Å². The van der Waals surface area contributed by atoms with E-state index in [0.717, 1.165) is 97.4 Å². The number of aromatic nitrogens is 4. The predicted octanol–water partition coefficient (Wildman–Crippen LogP) is 13.1. The van der Waals surface area contributed by atoms with Crippen LogP contribution < -0.4 is 0 Å². The van der Waals surface area contributed by atoms with E-state index in [1.165, 1.54) is 24.0 Å². The van der Waals surface area contributed by atoms with E-state index in [0.29, 0.717) is 11.4 Å². The monoisotopic (exact) mass is 758 g/mol. The van der Waals surface area contributed by atoms with Crippen molar-refractivity contribution in [3.8, 4) is 44.8 Å². The SMILES string of the molecule is C1CCOC1.CCc1ccc2c(n1)oc1c(-c3cc(-c4ccccc4)ccn3)cccc12.Cc1ccc2c(n1)oc1c(-c3cc(-c4ccccc4)ccn3)cccc12. The second-order valence-corrected chi connectivity index (χ2v) is 14.3. The number of furan rings is 2. The summed E-state index contributed by atoms with van der Waals surface area (Å²) in [6.45, 7) is 6.07. The topological polar surface area (TPSA) is 87.1 Å². The first kappa shape index (κ1) is 36.7. The standard InChI is InChI=1S/C24H18N2O.C23H16N2O.C4H8O/c1-2-18-11-12-20-19-9-6-10-21(23(19)27-24(20)26-18)22-15-17(13-14-25-22)16-7-4-3-5-8-16;1-15-10-11-19-18-8-5-9-20(22(18)26-23(19)25-15)21-14-17(12-13-24-21)16-6-3-2-4-7-16;1-2-4-5-3-1/h3-15H,2H2,1H3;2-14H,1H3;1-4H2. The van der Waals surface area contributed by atoms with Crippen molar-refractivity contribution < 1.29 is 13.6 Å².